The van der Waals surface area contributed by atoms with Gasteiger partial charge in [-0.2, -0.15) is 5.10 Å². The summed E-state index contributed by atoms with van der Waals surface area (Å²) in [6.07, 6.45) is 4.42. The standard InChI is InChI=1S/C23H24FN3O/c1-3-15-7-5-8-16(4-2)21(15)25-23(28)22-19-9-6-10-20(19)27(26-22)18-13-11-17(24)12-14-18/h5,7-8,11-14H,3-4,6,9-10H2,1-2H3,(H,25,28). The Morgan fingerprint density at radius 2 is 1.75 bits per heavy atom. The molecule has 0 fully saturated rings. The second-order valence-electron chi connectivity index (χ2n) is 7.13. The maximum absolute atomic E-state index is 13.3. The zero-order valence-corrected chi connectivity index (χ0v) is 16.3. The van der Waals surface area contributed by atoms with Gasteiger partial charge >= 0.3 is 0 Å². The third kappa shape index (κ3) is 3.21. The number of benzene rings is 2. The highest BCUT2D eigenvalue weighted by Gasteiger charge is 2.27. The molecule has 1 aliphatic rings. The lowest BCUT2D eigenvalue weighted by atomic mass is 10.0. The van der Waals surface area contributed by atoms with Crippen molar-refractivity contribution in [3.8, 4) is 5.69 Å². The van der Waals surface area contributed by atoms with Crippen LogP contribution in [0.2, 0.25) is 0 Å². The molecule has 0 aliphatic heterocycles. The van der Waals surface area contributed by atoms with Crippen LogP contribution in [0.4, 0.5) is 10.1 Å². The van der Waals surface area contributed by atoms with Gasteiger partial charge in [-0.25, -0.2) is 9.07 Å². The van der Waals surface area contributed by atoms with Crippen LogP contribution in [-0.2, 0) is 25.7 Å². The highest BCUT2D eigenvalue weighted by Crippen LogP contribution is 2.29. The number of fused-ring (bicyclic) bond motifs is 1. The summed E-state index contributed by atoms with van der Waals surface area (Å²) in [5.41, 5.74) is 6.47. The van der Waals surface area contributed by atoms with Gasteiger partial charge in [0.15, 0.2) is 5.69 Å². The van der Waals surface area contributed by atoms with Crippen LogP contribution in [0.3, 0.4) is 0 Å². The van der Waals surface area contributed by atoms with Crippen LogP contribution in [-0.4, -0.2) is 15.7 Å². The van der Waals surface area contributed by atoms with Crippen molar-refractivity contribution >= 4 is 11.6 Å². The van der Waals surface area contributed by atoms with E-state index in [9.17, 15) is 9.18 Å². The van der Waals surface area contributed by atoms with E-state index in [1.807, 2.05) is 6.07 Å². The molecule has 0 saturated heterocycles. The van der Waals surface area contributed by atoms with Crippen molar-refractivity contribution in [3.63, 3.8) is 0 Å². The summed E-state index contributed by atoms with van der Waals surface area (Å²) in [4.78, 5) is 13.2. The van der Waals surface area contributed by atoms with Crippen LogP contribution < -0.4 is 5.32 Å². The molecule has 0 unspecified atom stereocenters. The largest absolute Gasteiger partial charge is 0.320 e. The fraction of sp³-hybridized carbons (Fsp3) is 0.304. The fourth-order valence-corrected chi connectivity index (χ4v) is 3.99. The maximum Gasteiger partial charge on any atom is 0.276 e. The summed E-state index contributed by atoms with van der Waals surface area (Å²) in [6.45, 7) is 4.18. The number of para-hydroxylation sites is 1. The molecule has 1 amide bonds. The number of aromatic nitrogens is 2. The summed E-state index contributed by atoms with van der Waals surface area (Å²) < 4.78 is 15.1. The molecule has 144 valence electrons. The molecule has 4 rings (SSSR count). The zero-order valence-electron chi connectivity index (χ0n) is 16.3. The molecule has 0 radical (unpaired) electrons. The predicted octanol–water partition coefficient (Wildman–Crippen LogP) is 4.88. The Kier molecular flexibility index (Phi) is 4.99. The average Bonchev–Trinajstić information content (AvgIpc) is 3.31. The van der Waals surface area contributed by atoms with E-state index in [0.29, 0.717) is 5.69 Å². The summed E-state index contributed by atoms with van der Waals surface area (Å²) >= 11 is 0. The van der Waals surface area contributed by atoms with Crippen LogP contribution >= 0.6 is 0 Å². The number of hydrogen-bond donors (Lipinski definition) is 1. The van der Waals surface area contributed by atoms with E-state index >= 15 is 0 Å². The number of amides is 1. The lowest BCUT2D eigenvalue weighted by Crippen LogP contribution is -2.17. The van der Waals surface area contributed by atoms with Gasteiger partial charge in [-0.1, -0.05) is 32.0 Å². The molecule has 0 atom stereocenters. The molecular formula is C23H24FN3O. The quantitative estimate of drug-likeness (QED) is 0.689. The number of rotatable bonds is 5. The number of hydrogen-bond acceptors (Lipinski definition) is 2. The third-order valence-electron chi connectivity index (χ3n) is 5.45. The van der Waals surface area contributed by atoms with Gasteiger partial charge < -0.3 is 5.32 Å². The molecule has 1 heterocycles. The van der Waals surface area contributed by atoms with E-state index < -0.39 is 0 Å². The van der Waals surface area contributed by atoms with Gasteiger partial charge in [0, 0.05) is 16.9 Å². The molecule has 2 aromatic carbocycles. The smallest absolute Gasteiger partial charge is 0.276 e. The molecule has 5 heteroatoms. The van der Waals surface area contributed by atoms with Crippen LogP contribution in [0.25, 0.3) is 5.69 Å². The second-order valence-corrected chi connectivity index (χ2v) is 7.13. The number of carbonyl (C=O) groups excluding carboxylic acids is 1. The van der Waals surface area contributed by atoms with Crippen molar-refractivity contribution in [1.29, 1.82) is 0 Å². The normalized spacial score (nSPS) is 12.8. The molecule has 28 heavy (non-hydrogen) atoms. The van der Waals surface area contributed by atoms with Crippen LogP contribution in [0.5, 0.6) is 0 Å². The molecule has 0 saturated carbocycles. The molecule has 1 aliphatic carbocycles. The number of halogens is 1. The molecule has 4 nitrogen and oxygen atoms in total. The Balaban J connectivity index is 1.72. The van der Waals surface area contributed by atoms with Gasteiger partial charge in [0.2, 0.25) is 0 Å². The highest BCUT2D eigenvalue weighted by atomic mass is 19.1. The number of nitrogens with one attached hydrogen (secondary N) is 1. The van der Waals surface area contributed by atoms with E-state index in [-0.39, 0.29) is 11.7 Å². The predicted molar refractivity (Wildman–Crippen MR) is 109 cm³/mol. The first kappa shape index (κ1) is 18.4. The molecule has 1 aromatic heterocycles. The van der Waals surface area contributed by atoms with Crippen molar-refractivity contribution in [3.05, 3.63) is 76.4 Å². The Morgan fingerprint density at radius 1 is 1.07 bits per heavy atom. The van der Waals surface area contributed by atoms with Crippen molar-refractivity contribution in [2.24, 2.45) is 0 Å². The fourth-order valence-electron chi connectivity index (χ4n) is 3.99. The SMILES string of the molecule is CCc1cccc(CC)c1NC(=O)c1nn(-c2ccc(F)cc2)c2c1CCC2. The minimum Gasteiger partial charge on any atom is -0.320 e. The van der Waals surface area contributed by atoms with Gasteiger partial charge in [-0.15, -0.1) is 0 Å². The number of anilines is 1. The lowest BCUT2D eigenvalue weighted by Gasteiger charge is -2.14. The van der Waals surface area contributed by atoms with E-state index in [2.05, 4.69) is 36.4 Å². The summed E-state index contributed by atoms with van der Waals surface area (Å²) in [5, 5.41) is 7.75. The van der Waals surface area contributed by atoms with E-state index in [4.69, 9.17) is 0 Å². The molecule has 0 bridgehead atoms. The first-order valence-corrected chi connectivity index (χ1v) is 9.91. The Morgan fingerprint density at radius 3 is 2.39 bits per heavy atom. The Bertz CT molecular complexity index is 999. The molecular weight excluding hydrogens is 353 g/mol. The van der Waals surface area contributed by atoms with Crippen LogP contribution in [0, 0.1) is 5.82 Å². The third-order valence-corrected chi connectivity index (χ3v) is 5.45. The van der Waals surface area contributed by atoms with Gasteiger partial charge in [-0.3, -0.25) is 4.79 Å². The monoisotopic (exact) mass is 377 g/mol. The first-order valence-electron chi connectivity index (χ1n) is 9.91. The molecule has 0 spiro atoms. The Labute approximate surface area is 164 Å². The van der Waals surface area contributed by atoms with Crippen molar-refractivity contribution in [2.75, 3.05) is 5.32 Å². The minimum atomic E-state index is -0.284. The van der Waals surface area contributed by atoms with Crippen molar-refractivity contribution < 1.29 is 9.18 Å². The van der Waals surface area contributed by atoms with Crippen LogP contribution in [0.15, 0.2) is 42.5 Å². The van der Waals surface area contributed by atoms with Crippen molar-refractivity contribution in [2.45, 2.75) is 46.0 Å². The van der Waals surface area contributed by atoms with E-state index in [1.54, 1.807) is 16.8 Å². The molecule has 3 aromatic rings. The van der Waals surface area contributed by atoms with Gasteiger partial charge in [0.05, 0.1) is 5.69 Å². The van der Waals surface area contributed by atoms with Gasteiger partial charge in [0.1, 0.15) is 5.82 Å². The Hall–Kier alpha value is -2.95. The number of nitrogens with zero attached hydrogens (tertiary/aromatic N) is 2. The van der Waals surface area contributed by atoms with E-state index in [0.717, 1.165) is 65.9 Å². The van der Waals surface area contributed by atoms with Crippen LogP contribution in [0.1, 0.15) is 53.1 Å². The highest BCUT2D eigenvalue weighted by molar-refractivity contribution is 6.05. The topological polar surface area (TPSA) is 46.9 Å². The summed E-state index contributed by atoms with van der Waals surface area (Å²) in [5.74, 6) is -0.455. The minimum absolute atomic E-state index is 0.172. The average molecular weight is 377 g/mol. The summed E-state index contributed by atoms with van der Waals surface area (Å²) in [7, 11) is 0. The first-order chi connectivity index (χ1) is 13.6. The van der Waals surface area contributed by atoms with E-state index in [1.165, 1.54) is 12.1 Å². The zero-order chi connectivity index (χ0) is 19.7. The maximum atomic E-state index is 13.3. The second kappa shape index (κ2) is 7.58. The molecule has 1 N–H and O–H groups in total. The lowest BCUT2D eigenvalue weighted by molar-refractivity contribution is 0.102. The van der Waals surface area contributed by atoms with Crippen molar-refractivity contribution in [1.82, 2.24) is 9.78 Å². The summed E-state index contributed by atoms with van der Waals surface area (Å²) in [6, 6.07) is 12.4. The van der Waals surface area contributed by atoms with Gasteiger partial charge in [0.25, 0.3) is 5.91 Å². The number of carbonyl (C=O) groups is 1. The van der Waals surface area contributed by atoms with Gasteiger partial charge in [-0.05, 0) is 67.5 Å². The number of aryl methyl sites for hydroxylation is 2.